The number of nitrogens with one attached hydrogen (secondary N) is 1. The summed E-state index contributed by atoms with van der Waals surface area (Å²) in [5.74, 6) is 0. The average Bonchev–Trinajstić information content (AvgIpc) is 2.16. The van der Waals surface area contributed by atoms with E-state index in [0.29, 0.717) is 6.04 Å². The lowest BCUT2D eigenvalue weighted by molar-refractivity contribution is 0.898. The van der Waals surface area contributed by atoms with Gasteiger partial charge in [-0.3, -0.25) is 0 Å². The summed E-state index contributed by atoms with van der Waals surface area (Å²) in [6.07, 6.45) is 0.998. The van der Waals surface area contributed by atoms with Crippen molar-refractivity contribution in [2.75, 3.05) is 5.32 Å². The molecular weight excluding hydrogens is 172 g/mol. The van der Waals surface area contributed by atoms with Gasteiger partial charge in [0.1, 0.15) is 6.07 Å². The van der Waals surface area contributed by atoms with Crippen LogP contribution in [0.1, 0.15) is 31.9 Å². The highest BCUT2D eigenvalue weighted by Gasteiger charge is 2.03. The number of nitrogens with zero attached hydrogens (tertiary/aromatic N) is 1. The van der Waals surface area contributed by atoms with Crippen LogP contribution in [0.2, 0.25) is 0 Å². The van der Waals surface area contributed by atoms with Crippen LogP contribution < -0.4 is 5.32 Å². The van der Waals surface area contributed by atoms with Crippen molar-refractivity contribution >= 4 is 5.69 Å². The maximum Gasteiger partial charge on any atom is 0.101 e. The number of hydrogen-bond donors (Lipinski definition) is 1. The quantitative estimate of drug-likeness (QED) is 0.791. The first kappa shape index (κ1) is 10.6. The normalized spacial score (nSPS) is 9.93. The molecule has 0 unspecified atom stereocenters. The molecule has 0 atom stereocenters. The van der Waals surface area contributed by atoms with E-state index in [0.717, 1.165) is 17.7 Å². The van der Waals surface area contributed by atoms with Gasteiger partial charge in [-0.15, -0.1) is 0 Å². The summed E-state index contributed by atoms with van der Waals surface area (Å²) in [6, 6.07) is 8.48. The van der Waals surface area contributed by atoms with Crippen LogP contribution in [0.25, 0.3) is 0 Å². The zero-order chi connectivity index (χ0) is 10.6. The summed E-state index contributed by atoms with van der Waals surface area (Å²) >= 11 is 0. The Bertz CT molecular complexity index is 348. The minimum atomic E-state index is 0.356. The maximum atomic E-state index is 8.90. The van der Waals surface area contributed by atoms with Gasteiger partial charge < -0.3 is 5.32 Å². The number of aryl methyl sites for hydroxylation is 1. The lowest BCUT2D eigenvalue weighted by Crippen LogP contribution is -2.11. The Morgan fingerprint density at radius 3 is 2.64 bits per heavy atom. The second-order valence-corrected chi connectivity index (χ2v) is 3.64. The molecule has 0 aromatic heterocycles. The molecule has 0 bridgehead atoms. The van der Waals surface area contributed by atoms with Gasteiger partial charge in [0.05, 0.1) is 11.3 Å². The van der Waals surface area contributed by atoms with E-state index in [4.69, 9.17) is 5.26 Å². The second-order valence-electron chi connectivity index (χ2n) is 3.64. The van der Waals surface area contributed by atoms with E-state index < -0.39 is 0 Å². The molecule has 0 heterocycles. The van der Waals surface area contributed by atoms with E-state index in [1.165, 1.54) is 5.56 Å². The summed E-state index contributed by atoms with van der Waals surface area (Å²) in [6.45, 7) is 6.25. The average molecular weight is 188 g/mol. The van der Waals surface area contributed by atoms with Crippen molar-refractivity contribution < 1.29 is 0 Å². The molecule has 1 aromatic rings. The molecule has 0 saturated heterocycles. The van der Waals surface area contributed by atoms with Crippen LogP contribution in [-0.4, -0.2) is 6.04 Å². The molecule has 2 nitrogen and oxygen atoms in total. The fourth-order valence-electron chi connectivity index (χ4n) is 1.34. The summed E-state index contributed by atoms with van der Waals surface area (Å²) in [7, 11) is 0. The smallest absolute Gasteiger partial charge is 0.101 e. The van der Waals surface area contributed by atoms with Crippen molar-refractivity contribution in [2.45, 2.75) is 33.2 Å². The van der Waals surface area contributed by atoms with Crippen molar-refractivity contribution in [3.8, 4) is 6.07 Å². The molecule has 0 aliphatic carbocycles. The number of anilines is 1. The SMILES string of the molecule is CCc1ccc(C#N)c(NC(C)C)c1. The predicted molar refractivity (Wildman–Crippen MR) is 59.3 cm³/mol. The van der Waals surface area contributed by atoms with Crippen LogP contribution in [0.15, 0.2) is 18.2 Å². The van der Waals surface area contributed by atoms with Gasteiger partial charge in [-0.25, -0.2) is 0 Å². The van der Waals surface area contributed by atoms with Gasteiger partial charge in [-0.05, 0) is 38.0 Å². The molecule has 2 heteroatoms. The number of hydrogen-bond acceptors (Lipinski definition) is 2. The molecule has 74 valence electrons. The van der Waals surface area contributed by atoms with Gasteiger partial charge in [0.2, 0.25) is 0 Å². The fourth-order valence-corrected chi connectivity index (χ4v) is 1.34. The summed E-state index contributed by atoms with van der Waals surface area (Å²) < 4.78 is 0. The highest BCUT2D eigenvalue weighted by atomic mass is 14.9. The van der Waals surface area contributed by atoms with Crippen LogP contribution in [0, 0.1) is 11.3 Å². The van der Waals surface area contributed by atoms with Crippen molar-refractivity contribution in [1.29, 1.82) is 5.26 Å². The van der Waals surface area contributed by atoms with Gasteiger partial charge in [0, 0.05) is 6.04 Å². The third-order valence-corrected chi connectivity index (χ3v) is 2.06. The lowest BCUT2D eigenvalue weighted by atomic mass is 10.1. The maximum absolute atomic E-state index is 8.90. The predicted octanol–water partition coefficient (Wildman–Crippen LogP) is 2.94. The zero-order valence-corrected chi connectivity index (χ0v) is 8.96. The highest BCUT2D eigenvalue weighted by molar-refractivity contribution is 5.59. The Hall–Kier alpha value is -1.49. The third-order valence-electron chi connectivity index (χ3n) is 2.06. The molecule has 1 aromatic carbocycles. The molecule has 0 amide bonds. The topological polar surface area (TPSA) is 35.8 Å². The zero-order valence-electron chi connectivity index (χ0n) is 8.96. The first-order chi connectivity index (χ1) is 6.67. The minimum absolute atomic E-state index is 0.356. The van der Waals surface area contributed by atoms with Crippen LogP contribution in [-0.2, 0) is 6.42 Å². The molecule has 1 rings (SSSR count). The standard InChI is InChI=1S/C12H16N2/c1-4-10-5-6-11(8-13)12(7-10)14-9(2)3/h5-7,9,14H,4H2,1-3H3. The van der Waals surface area contributed by atoms with Crippen LogP contribution in [0.5, 0.6) is 0 Å². The summed E-state index contributed by atoms with van der Waals surface area (Å²) in [5.41, 5.74) is 2.92. The van der Waals surface area contributed by atoms with Gasteiger partial charge in [0.25, 0.3) is 0 Å². The minimum Gasteiger partial charge on any atom is -0.382 e. The van der Waals surface area contributed by atoms with Crippen LogP contribution in [0.3, 0.4) is 0 Å². The summed E-state index contributed by atoms with van der Waals surface area (Å²) in [4.78, 5) is 0. The number of rotatable bonds is 3. The van der Waals surface area contributed by atoms with E-state index in [1.54, 1.807) is 0 Å². The largest absolute Gasteiger partial charge is 0.382 e. The molecule has 0 radical (unpaired) electrons. The second kappa shape index (κ2) is 4.66. The van der Waals surface area contributed by atoms with Crippen LogP contribution >= 0.6 is 0 Å². The Kier molecular flexibility index (Phi) is 3.53. The van der Waals surface area contributed by atoms with Crippen molar-refractivity contribution in [3.05, 3.63) is 29.3 Å². The first-order valence-electron chi connectivity index (χ1n) is 4.97. The molecule has 0 saturated carbocycles. The van der Waals surface area contributed by atoms with Gasteiger partial charge in [-0.2, -0.15) is 5.26 Å². The molecule has 0 spiro atoms. The lowest BCUT2D eigenvalue weighted by Gasteiger charge is -2.12. The molecule has 0 aliphatic heterocycles. The van der Waals surface area contributed by atoms with E-state index in [-0.39, 0.29) is 0 Å². The van der Waals surface area contributed by atoms with Gasteiger partial charge >= 0.3 is 0 Å². The molecular formula is C12H16N2. The monoisotopic (exact) mass is 188 g/mol. The Balaban J connectivity index is 3.03. The fraction of sp³-hybridized carbons (Fsp3) is 0.417. The first-order valence-corrected chi connectivity index (χ1v) is 4.97. The number of nitriles is 1. The highest BCUT2D eigenvalue weighted by Crippen LogP contribution is 2.18. The van der Waals surface area contributed by atoms with Gasteiger partial charge in [0.15, 0.2) is 0 Å². The van der Waals surface area contributed by atoms with Crippen molar-refractivity contribution in [1.82, 2.24) is 0 Å². The van der Waals surface area contributed by atoms with Gasteiger partial charge in [-0.1, -0.05) is 13.0 Å². The van der Waals surface area contributed by atoms with E-state index >= 15 is 0 Å². The molecule has 0 aliphatic rings. The summed E-state index contributed by atoms with van der Waals surface area (Å²) in [5, 5.41) is 12.2. The Labute approximate surface area is 85.6 Å². The Morgan fingerprint density at radius 2 is 2.14 bits per heavy atom. The van der Waals surface area contributed by atoms with Crippen molar-refractivity contribution in [2.24, 2.45) is 0 Å². The van der Waals surface area contributed by atoms with E-state index in [1.807, 2.05) is 12.1 Å². The van der Waals surface area contributed by atoms with Crippen molar-refractivity contribution in [3.63, 3.8) is 0 Å². The molecule has 1 N–H and O–H groups in total. The third kappa shape index (κ3) is 2.50. The number of benzene rings is 1. The van der Waals surface area contributed by atoms with Crippen LogP contribution in [0.4, 0.5) is 5.69 Å². The van der Waals surface area contributed by atoms with E-state index in [2.05, 4.69) is 38.2 Å². The Morgan fingerprint density at radius 1 is 1.43 bits per heavy atom. The van der Waals surface area contributed by atoms with E-state index in [9.17, 15) is 0 Å². The molecule has 0 fully saturated rings. The molecule has 14 heavy (non-hydrogen) atoms.